The molecule has 0 amide bonds. The smallest absolute Gasteiger partial charge is 0.269 e. The molecule has 1 aromatic rings. The highest BCUT2D eigenvalue weighted by Gasteiger charge is 2.25. The molecule has 0 spiro atoms. The average Bonchev–Trinajstić information content (AvgIpc) is 2.46. The van der Waals surface area contributed by atoms with Crippen LogP contribution in [0.2, 0.25) is 0 Å². The minimum atomic E-state index is -0.345. The minimum absolute atomic E-state index is 0.143. The van der Waals surface area contributed by atoms with E-state index in [1.165, 1.54) is 0 Å². The van der Waals surface area contributed by atoms with E-state index in [4.69, 9.17) is 0 Å². The zero-order chi connectivity index (χ0) is 14.7. The largest absolute Gasteiger partial charge is 0.396 e. The number of nitro benzene ring substituents is 1. The monoisotopic (exact) mass is 278 g/mol. The maximum Gasteiger partial charge on any atom is 0.269 e. The highest BCUT2D eigenvalue weighted by atomic mass is 16.6. The molecule has 1 aliphatic rings. The molecule has 1 N–H and O–H groups in total. The average molecular weight is 278 g/mol. The Morgan fingerprint density at radius 1 is 1.55 bits per heavy atom. The summed E-state index contributed by atoms with van der Waals surface area (Å²) in [5.41, 5.74) is 2.24. The zero-order valence-electron chi connectivity index (χ0n) is 12.1. The Morgan fingerprint density at radius 3 is 2.95 bits per heavy atom. The molecule has 1 aliphatic heterocycles. The Kier molecular flexibility index (Phi) is 4.73. The van der Waals surface area contributed by atoms with Crippen molar-refractivity contribution in [2.24, 2.45) is 5.92 Å². The van der Waals surface area contributed by atoms with Gasteiger partial charge < -0.3 is 5.11 Å². The quantitative estimate of drug-likeness (QED) is 0.679. The van der Waals surface area contributed by atoms with Crippen LogP contribution in [0.4, 0.5) is 5.69 Å². The highest BCUT2D eigenvalue weighted by Crippen LogP contribution is 2.30. The Hall–Kier alpha value is -1.46. The fourth-order valence-corrected chi connectivity index (χ4v) is 2.99. The summed E-state index contributed by atoms with van der Waals surface area (Å²) in [6.45, 7) is 6.14. The third kappa shape index (κ3) is 3.16. The lowest BCUT2D eigenvalue weighted by atomic mass is 9.94. The summed E-state index contributed by atoms with van der Waals surface area (Å²) in [4.78, 5) is 12.9. The Bertz CT molecular complexity index is 490. The molecule has 2 unspecified atom stereocenters. The number of aliphatic hydroxyl groups is 1. The maximum absolute atomic E-state index is 10.9. The van der Waals surface area contributed by atoms with Crippen LogP contribution in [0, 0.1) is 23.0 Å². The molecule has 5 heteroatoms. The van der Waals surface area contributed by atoms with Crippen LogP contribution in [-0.2, 0) is 0 Å². The number of non-ortho nitro benzene ring substituents is 1. The van der Waals surface area contributed by atoms with Gasteiger partial charge >= 0.3 is 0 Å². The number of aliphatic hydroxyl groups excluding tert-OH is 1. The molecule has 20 heavy (non-hydrogen) atoms. The van der Waals surface area contributed by atoms with Crippen LogP contribution < -0.4 is 0 Å². The summed E-state index contributed by atoms with van der Waals surface area (Å²) >= 11 is 0. The van der Waals surface area contributed by atoms with Crippen molar-refractivity contribution in [1.82, 2.24) is 4.90 Å². The van der Waals surface area contributed by atoms with Gasteiger partial charge in [-0.25, -0.2) is 0 Å². The predicted molar refractivity (Wildman–Crippen MR) is 77.6 cm³/mol. The topological polar surface area (TPSA) is 66.6 Å². The van der Waals surface area contributed by atoms with Crippen molar-refractivity contribution >= 4 is 5.69 Å². The fraction of sp³-hybridized carbons (Fsp3) is 0.600. The summed E-state index contributed by atoms with van der Waals surface area (Å²) in [6.07, 6.45) is 2.14. The van der Waals surface area contributed by atoms with Gasteiger partial charge in [0.2, 0.25) is 0 Å². The second-order valence-corrected chi connectivity index (χ2v) is 5.66. The van der Waals surface area contributed by atoms with Crippen LogP contribution in [-0.4, -0.2) is 34.6 Å². The van der Waals surface area contributed by atoms with Crippen LogP contribution in [0.5, 0.6) is 0 Å². The third-order valence-electron chi connectivity index (χ3n) is 4.28. The molecule has 0 bridgehead atoms. The fourth-order valence-electron chi connectivity index (χ4n) is 2.99. The van der Waals surface area contributed by atoms with Crippen LogP contribution in [0.15, 0.2) is 18.2 Å². The van der Waals surface area contributed by atoms with Crippen molar-refractivity contribution in [3.63, 3.8) is 0 Å². The molecule has 1 heterocycles. The van der Waals surface area contributed by atoms with Gasteiger partial charge in [-0.1, -0.05) is 6.07 Å². The summed E-state index contributed by atoms with van der Waals surface area (Å²) in [7, 11) is 0. The Labute approximate surface area is 119 Å². The molecular formula is C15H22N2O3. The van der Waals surface area contributed by atoms with Gasteiger partial charge in [0.25, 0.3) is 5.69 Å². The SMILES string of the molecule is Cc1ccc([N+](=O)[O-])cc1C(C)N1CCCC(CO)C1. The molecule has 0 aromatic heterocycles. The first-order valence-electron chi connectivity index (χ1n) is 7.12. The van der Waals surface area contributed by atoms with Gasteiger partial charge in [-0.05, 0) is 50.3 Å². The van der Waals surface area contributed by atoms with Crippen LogP contribution in [0.25, 0.3) is 0 Å². The molecule has 1 aromatic carbocycles. The summed E-state index contributed by atoms with van der Waals surface area (Å²) < 4.78 is 0. The number of nitro groups is 1. The van der Waals surface area contributed by atoms with Crippen molar-refractivity contribution in [2.75, 3.05) is 19.7 Å². The molecule has 2 rings (SSSR count). The van der Waals surface area contributed by atoms with E-state index in [-0.39, 0.29) is 23.3 Å². The van der Waals surface area contributed by atoms with Gasteiger partial charge in [-0.15, -0.1) is 0 Å². The van der Waals surface area contributed by atoms with Gasteiger partial charge in [0.05, 0.1) is 4.92 Å². The summed E-state index contributed by atoms with van der Waals surface area (Å²) in [6, 6.07) is 5.20. The molecule has 0 saturated carbocycles. The van der Waals surface area contributed by atoms with Crippen LogP contribution >= 0.6 is 0 Å². The molecular weight excluding hydrogens is 256 g/mol. The number of nitrogens with zero attached hydrogens (tertiary/aromatic N) is 2. The normalized spacial score (nSPS) is 21.6. The lowest BCUT2D eigenvalue weighted by Gasteiger charge is -2.36. The highest BCUT2D eigenvalue weighted by molar-refractivity contribution is 5.40. The molecule has 1 saturated heterocycles. The van der Waals surface area contributed by atoms with E-state index in [0.717, 1.165) is 37.1 Å². The molecule has 0 aliphatic carbocycles. The Morgan fingerprint density at radius 2 is 2.30 bits per heavy atom. The summed E-state index contributed by atoms with van der Waals surface area (Å²) in [5, 5.41) is 20.2. The van der Waals surface area contributed by atoms with Gasteiger partial charge in [-0.3, -0.25) is 15.0 Å². The first kappa shape index (κ1) is 14.9. The lowest BCUT2D eigenvalue weighted by Crippen LogP contribution is -2.38. The second kappa shape index (κ2) is 6.33. The number of benzene rings is 1. The van der Waals surface area contributed by atoms with Gasteiger partial charge in [0.1, 0.15) is 0 Å². The number of rotatable bonds is 4. The molecule has 1 fully saturated rings. The maximum atomic E-state index is 10.9. The molecule has 2 atom stereocenters. The Balaban J connectivity index is 2.21. The number of hydrogen-bond acceptors (Lipinski definition) is 4. The number of piperidine rings is 1. The second-order valence-electron chi connectivity index (χ2n) is 5.66. The van der Waals surface area contributed by atoms with E-state index in [2.05, 4.69) is 11.8 Å². The van der Waals surface area contributed by atoms with Crippen molar-refractivity contribution in [1.29, 1.82) is 0 Å². The first-order valence-corrected chi connectivity index (χ1v) is 7.12. The van der Waals surface area contributed by atoms with Crippen molar-refractivity contribution < 1.29 is 10.0 Å². The minimum Gasteiger partial charge on any atom is -0.396 e. The van der Waals surface area contributed by atoms with E-state index >= 15 is 0 Å². The van der Waals surface area contributed by atoms with Gasteiger partial charge in [-0.2, -0.15) is 0 Å². The summed E-state index contributed by atoms with van der Waals surface area (Å²) in [5.74, 6) is 0.324. The number of hydrogen-bond donors (Lipinski definition) is 1. The lowest BCUT2D eigenvalue weighted by molar-refractivity contribution is -0.385. The number of aryl methyl sites for hydroxylation is 1. The molecule has 110 valence electrons. The standard InChI is InChI=1S/C15H22N2O3/c1-11-5-6-14(17(19)20)8-15(11)12(2)16-7-3-4-13(9-16)10-18/h5-6,8,12-13,18H,3-4,7,9-10H2,1-2H3. The van der Waals surface area contributed by atoms with Crippen molar-refractivity contribution in [3.05, 3.63) is 39.4 Å². The van der Waals surface area contributed by atoms with Gasteiger partial charge in [0, 0.05) is 31.3 Å². The van der Waals surface area contributed by atoms with E-state index in [1.54, 1.807) is 12.1 Å². The zero-order valence-corrected chi connectivity index (χ0v) is 12.1. The van der Waals surface area contributed by atoms with Crippen molar-refractivity contribution in [3.8, 4) is 0 Å². The van der Waals surface area contributed by atoms with Crippen LogP contribution in [0.3, 0.4) is 0 Å². The number of likely N-dealkylation sites (tertiary alicyclic amines) is 1. The first-order chi connectivity index (χ1) is 9.52. The third-order valence-corrected chi connectivity index (χ3v) is 4.28. The van der Waals surface area contributed by atoms with E-state index < -0.39 is 0 Å². The van der Waals surface area contributed by atoms with Crippen molar-refractivity contribution in [2.45, 2.75) is 32.7 Å². The predicted octanol–water partition coefficient (Wildman–Crippen LogP) is 2.67. The van der Waals surface area contributed by atoms with E-state index in [9.17, 15) is 15.2 Å². The molecule has 5 nitrogen and oxygen atoms in total. The van der Waals surface area contributed by atoms with E-state index in [1.807, 2.05) is 13.0 Å². The van der Waals surface area contributed by atoms with Crippen LogP contribution in [0.1, 0.15) is 36.9 Å². The van der Waals surface area contributed by atoms with E-state index in [0.29, 0.717) is 5.92 Å². The molecule has 0 radical (unpaired) electrons. The van der Waals surface area contributed by atoms with Gasteiger partial charge in [0.15, 0.2) is 0 Å².